The van der Waals surface area contributed by atoms with E-state index in [1.807, 2.05) is 0 Å². The lowest BCUT2D eigenvalue weighted by Gasteiger charge is -2.39. The summed E-state index contributed by atoms with van der Waals surface area (Å²) >= 11 is 0.795. The van der Waals surface area contributed by atoms with E-state index in [1.165, 1.54) is 0 Å². The molecule has 0 saturated carbocycles. The van der Waals surface area contributed by atoms with Crippen molar-refractivity contribution in [1.29, 1.82) is 0 Å². The minimum Gasteiger partial charge on any atom is -0.394 e. The van der Waals surface area contributed by atoms with Gasteiger partial charge in [0.05, 0.1) is 11.7 Å². The number of aliphatic hydroxyl groups excluding tert-OH is 4. The Bertz CT molecular complexity index is 342. The molecule has 1 aliphatic heterocycles. The highest BCUT2D eigenvalue weighted by Gasteiger charge is 2.43. The van der Waals surface area contributed by atoms with E-state index in [1.54, 1.807) is 0 Å². The standard InChI is InChI=1S/C8H16O7S2/c1-17(13,14)3-16-8-7(12)6(11)5(10)4(2-9)15-8/h4-12H,2-3H2,1H3/t4-,5-,6+,7-,8+/m1/s1. The first kappa shape index (κ1) is 15.2. The van der Waals surface area contributed by atoms with E-state index in [4.69, 9.17) is 9.84 Å². The molecule has 1 aliphatic rings. The van der Waals surface area contributed by atoms with Crippen LogP contribution in [0.3, 0.4) is 0 Å². The molecule has 7 nitrogen and oxygen atoms in total. The van der Waals surface area contributed by atoms with E-state index in [-0.39, 0.29) is 5.08 Å². The topological polar surface area (TPSA) is 124 Å². The van der Waals surface area contributed by atoms with Crippen LogP contribution in [0, 0.1) is 0 Å². The van der Waals surface area contributed by atoms with Crippen molar-refractivity contribution in [3.8, 4) is 0 Å². The van der Waals surface area contributed by atoms with Crippen molar-refractivity contribution in [2.24, 2.45) is 0 Å². The van der Waals surface area contributed by atoms with Crippen LogP contribution in [0.1, 0.15) is 0 Å². The van der Waals surface area contributed by atoms with Gasteiger partial charge in [-0.25, -0.2) is 8.42 Å². The molecule has 4 N–H and O–H groups in total. The van der Waals surface area contributed by atoms with Crippen molar-refractivity contribution >= 4 is 21.6 Å². The largest absolute Gasteiger partial charge is 0.394 e. The van der Waals surface area contributed by atoms with Gasteiger partial charge in [-0.2, -0.15) is 0 Å². The molecule has 17 heavy (non-hydrogen) atoms. The molecular formula is C8H16O7S2. The van der Waals surface area contributed by atoms with Crippen LogP contribution in [-0.2, 0) is 14.6 Å². The Balaban J connectivity index is 2.66. The quantitative estimate of drug-likeness (QED) is 0.448. The highest BCUT2D eigenvalue weighted by molar-refractivity contribution is 8.12. The number of hydrogen-bond donors (Lipinski definition) is 4. The highest BCUT2D eigenvalue weighted by Crippen LogP contribution is 2.28. The average Bonchev–Trinajstić information content (AvgIpc) is 2.24. The molecule has 0 amide bonds. The van der Waals surface area contributed by atoms with Gasteiger partial charge in [-0.15, -0.1) is 11.8 Å². The predicted octanol–water partition coefficient (Wildman–Crippen LogP) is -2.48. The summed E-state index contributed by atoms with van der Waals surface area (Å²) < 4.78 is 27.0. The fraction of sp³-hybridized carbons (Fsp3) is 1.00. The Labute approximate surface area is 103 Å². The zero-order valence-corrected chi connectivity index (χ0v) is 10.8. The van der Waals surface area contributed by atoms with E-state index in [9.17, 15) is 23.7 Å². The van der Waals surface area contributed by atoms with Gasteiger partial charge in [0.15, 0.2) is 9.84 Å². The molecule has 9 heteroatoms. The van der Waals surface area contributed by atoms with Crippen LogP contribution >= 0.6 is 11.8 Å². The molecule has 0 aliphatic carbocycles. The molecule has 102 valence electrons. The highest BCUT2D eigenvalue weighted by atomic mass is 32.3. The Morgan fingerprint density at radius 3 is 2.24 bits per heavy atom. The number of hydrogen-bond acceptors (Lipinski definition) is 8. The maximum absolute atomic E-state index is 11.0. The summed E-state index contributed by atoms with van der Waals surface area (Å²) in [6.45, 7) is -0.527. The summed E-state index contributed by atoms with van der Waals surface area (Å²) in [7, 11) is -3.24. The fourth-order valence-corrected chi connectivity index (χ4v) is 3.50. The lowest BCUT2D eigenvalue weighted by molar-refractivity contribution is -0.205. The van der Waals surface area contributed by atoms with E-state index in [2.05, 4.69) is 0 Å². The van der Waals surface area contributed by atoms with Crippen LogP contribution in [0.2, 0.25) is 0 Å². The predicted molar refractivity (Wildman–Crippen MR) is 61.1 cm³/mol. The van der Waals surface area contributed by atoms with Gasteiger partial charge in [0.2, 0.25) is 0 Å². The first-order chi connectivity index (χ1) is 7.76. The second kappa shape index (κ2) is 5.83. The first-order valence-electron chi connectivity index (χ1n) is 4.86. The fourth-order valence-electron chi connectivity index (χ4n) is 1.40. The maximum atomic E-state index is 11.0. The number of rotatable bonds is 4. The maximum Gasteiger partial charge on any atom is 0.156 e. The molecule has 1 heterocycles. The van der Waals surface area contributed by atoms with Crippen molar-refractivity contribution in [2.45, 2.75) is 29.9 Å². The summed E-state index contributed by atoms with van der Waals surface area (Å²) in [4.78, 5) is 0. The molecule has 0 unspecified atom stereocenters. The van der Waals surface area contributed by atoms with Crippen molar-refractivity contribution in [1.82, 2.24) is 0 Å². The van der Waals surface area contributed by atoms with E-state index in [0.717, 1.165) is 18.0 Å². The summed E-state index contributed by atoms with van der Waals surface area (Å²) in [5.74, 6) is 0. The smallest absolute Gasteiger partial charge is 0.156 e. The van der Waals surface area contributed by atoms with Gasteiger partial charge >= 0.3 is 0 Å². The molecule has 0 aromatic carbocycles. The average molecular weight is 288 g/mol. The zero-order chi connectivity index (χ0) is 13.2. The third kappa shape index (κ3) is 4.05. The van der Waals surface area contributed by atoms with Crippen LogP contribution in [0.25, 0.3) is 0 Å². The van der Waals surface area contributed by atoms with Crippen LogP contribution in [0.4, 0.5) is 0 Å². The monoisotopic (exact) mass is 288 g/mol. The SMILES string of the molecule is CS(=O)(=O)CS[C@@H]1O[C@H](CO)[C@@H](O)[C@H](O)[C@H]1O. The lowest BCUT2D eigenvalue weighted by Crippen LogP contribution is -2.57. The zero-order valence-electron chi connectivity index (χ0n) is 9.13. The summed E-state index contributed by atoms with van der Waals surface area (Å²) in [5, 5.41) is 37.1. The number of thioether (sulfide) groups is 1. The van der Waals surface area contributed by atoms with Crippen LogP contribution in [0.15, 0.2) is 0 Å². The normalized spacial score (nSPS) is 39.2. The molecular weight excluding hydrogens is 272 g/mol. The van der Waals surface area contributed by atoms with E-state index < -0.39 is 46.3 Å². The Morgan fingerprint density at radius 2 is 1.76 bits per heavy atom. The Kier molecular flexibility index (Phi) is 5.20. The van der Waals surface area contributed by atoms with Crippen LogP contribution in [-0.4, -0.2) is 76.6 Å². The van der Waals surface area contributed by atoms with Gasteiger partial charge in [-0.05, 0) is 0 Å². The second-order valence-corrected chi connectivity index (χ2v) is 7.50. The molecule has 0 aromatic rings. The van der Waals surface area contributed by atoms with Gasteiger partial charge in [0.25, 0.3) is 0 Å². The van der Waals surface area contributed by atoms with E-state index in [0.29, 0.717) is 0 Å². The first-order valence-corrected chi connectivity index (χ1v) is 7.97. The second-order valence-electron chi connectivity index (χ2n) is 3.91. The molecule has 1 rings (SSSR count). The van der Waals surface area contributed by atoms with Crippen molar-refractivity contribution in [2.75, 3.05) is 17.9 Å². The molecule has 0 spiro atoms. The van der Waals surface area contributed by atoms with Crippen LogP contribution in [0.5, 0.6) is 0 Å². The third-order valence-corrected chi connectivity index (χ3v) is 5.27. The summed E-state index contributed by atoms with van der Waals surface area (Å²) in [6, 6.07) is 0. The molecule has 1 fully saturated rings. The Hall–Kier alpha value is 0.1000. The molecule has 5 atom stereocenters. The minimum atomic E-state index is -3.24. The van der Waals surface area contributed by atoms with Gasteiger partial charge < -0.3 is 25.2 Å². The van der Waals surface area contributed by atoms with Crippen molar-refractivity contribution in [3.05, 3.63) is 0 Å². The van der Waals surface area contributed by atoms with Crippen molar-refractivity contribution in [3.63, 3.8) is 0 Å². The van der Waals surface area contributed by atoms with Gasteiger partial charge in [-0.3, -0.25) is 0 Å². The number of aliphatic hydroxyl groups is 4. The molecule has 0 bridgehead atoms. The number of sulfone groups is 1. The van der Waals surface area contributed by atoms with Crippen molar-refractivity contribution < 1.29 is 33.6 Å². The van der Waals surface area contributed by atoms with Gasteiger partial charge in [0.1, 0.15) is 29.9 Å². The van der Waals surface area contributed by atoms with E-state index >= 15 is 0 Å². The molecule has 0 radical (unpaired) electrons. The third-order valence-electron chi connectivity index (χ3n) is 2.29. The number of ether oxygens (including phenoxy) is 1. The van der Waals surface area contributed by atoms with Gasteiger partial charge in [0, 0.05) is 6.26 Å². The Morgan fingerprint density at radius 1 is 1.18 bits per heavy atom. The van der Waals surface area contributed by atoms with Gasteiger partial charge in [-0.1, -0.05) is 0 Å². The summed E-state index contributed by atoms with van der Waals surface area (Å²) in [5.41, 5.74) is -1.000. The lowest BCUT2D eigenvalue weighted by atomic mass is 10.0. The summed E-state index contributed by atoms with van der Waals surface area (Å²) in [6.07, 6.45) is -4.28. The van der Waals surface area contributed by atoms with Crippen LogP contribution < -0.4 is 0 Å². The molecule has 0 aromatic heterocycles. The molecule has 1 saturated heterocycles. The minimum absolute atomic E-state index is 0.282.